The second-order valence-electron chi connectivity index (χ2n) is 5.61. The maximum Gasteiger partial charge on any atom is 0.446 e. The van der Waals surface area contributed by atoms with Gasteiger partial charge in [0.2, 0.25) is 0 Å². The zero-order chi connectivity index (χ0) is 16.3. The molecule has 118 valence electrons. The Kier molecular flexibility index (Phi) is 5.69. The summed E-state index contributed by atoms with van der Waals surface area (Å²) in [6, 6.07) is 5.98. The Hall–Kier alpha value is -1.21. The Morgan fingerprint density at radius 3 is 2.10 bits per heavy atom. The zero-order valence-electron chi connectivity index (χ0n) is 12.1. The number of rotatable bonds is 5. The minimum absolute atomic E-state index is 0.117. The lowest BCUT2D eigenvalue weighted by atomic mass is 10.0. The monoisotopic (exact) mass is 321 g/mol. The molecule has 1 rings (SSSR count). The number of nitrogens with zero attached hydrogens (tertiary/aromatic N) is 1. The number of carbonyl (C=O) groups is 1. The number of carboxylic acid groups (broad SMARTS) is 1. The Morgan fingerprint density at radius 1 is 1.19 bits per heavy atom. The molecule has 0 aromatic heterocycles. The molecule has 0 amide bonds. The van der Waals surface area contributed by atoms with Crippen LogP contribution in [0.15, 0.2) is 29.2 Å². The van der Waals surface area contributed by atoms with Crippen LogP contribution in [0.3, 0.4) is 0 Å². The first-order chi connectivity index (χ1) is 9.47. The van der Waals surface area contributed by atoms with Gasteiger partial charge in [-0.3, -0.25) is 9.69 Å². The summed E-state index contributed by atoms with van der Waals surface area (Å²) in [5.41, 5.74) is -3.88. The lowest BCUT2D eigenvalue weighted by Crippen LogP contribution is -2.43. The summed E-state index contributed by atoms with van der Waals surface area (Å²) >= 11 is -0.163. The summed E-state index contributed by atoms with van der Waals surface area (Å²) in [7, 11) is 0. The molecular formula is C14H18F3NO2S. The van der Waals surface area contributed by atoms with Gasteiger partial charge in [0.25, 0.3) is 0 Å². The third kappa shape index (κ3) is 6.86. The Balaban J connectivity index is 2.79. The fraction of sp³-hybridized carbons (Fsp3) is 0.500. The summed E-state index contributed by atoms with van der Waals surface area (Å²) in [4.78, 5) is 12.8. The van der Waals surface area contributed by atoms with E-state index in [9.17, 15) is 18.0 Å². The highest BCUT2D eigenvalue weighted by atomic mass is 32.2. The highest BCUT2D eigenvalue weighted by Crippen LogP contribution is 2.36. The molecule has 0 radical (unpaired) electrons. The lowest BCUT2D eigenvalue weighted by Gasteiger charge is -2.34. The topological polar surface area (TPSA) is 40.5 Å². The van der Waals surface area contributed by atoms with E-state index in [-0.39, 0.29) is 28.7 Å². The van der Waals surface area contributed by atoms with E-state index >= 15 is 0 Å². The van der Waals surface area contributed by atoms with Crippen molar-refractivity contribution < 1.29 is 23.1 Å². The average molecular weight is 321 g/mol. The first-order valence-electron chi connectivity index (χ1n) is 6.29. The molecule has 1 aromatic carbocycles. The number of hydrogen-bond acceptors (Lipinski definition) is 3. The molecule has 0 fully saturated rings. The van der Waals surface area contributed by atoms with Crippen molar-refractivity contribution in [1.29, 1.82) is 0 Å². The molecular weight excluding hydrogens is 303 g/mol. The Labute approximate surface area is 126 Å². The fourth-order valence-electron chi connectivity index (χ4n) is 1.71. The number of benzene rings is 1. The third-order valence-corrected chi connectivity index (χ3v) is 3.54. The van der Waals surface area contributed by atoms with Crippen molar-refractivity contribution in [2.75, 3.05) is 6.54 Å². The van der Waals surface area contributed by atoms with Gasteiger partial charge >= 0.3 is 11.5 Å². The molecule has 0 unspecified atom stereocenters. The molecule has 0 aliphatic rings. The number of halogens is 3. The van der Waals surface area contributed by atoms with E-state index in [2.05, 4.69) is 0 Å². The third-order valence-electron chi connectivity index (χ3n) is 2.81. The van der Waals surface area contributed by atoms with Gasteiger partial charge in [-0.2, -0.15) is 13.2 Å². The number of hydrogen-bond donors (Lipinski definition) is 1. The van der Waals surface area contributed by atoms with Gasteiger partial charge in [-0.1, -0.05) is 12.1 Å². The summed E-state index contributed by atoms with van der Waals surface area (Å²) < 4.78 is 36.7. The molecule has 0 atom stereocenters. The van der Waals surface area contributed by atoms with E-state index in [1.807, 2.05) is 20.8 Å². The number of alkyl halides is 3. The second kappa shape index (κ2) is 6.70. The molecule has 0 spiro atoms. The minimum Gasteiger partial charge on any atom is -0.480 e. The number of thioether (sulfide) groups is 1. The van der Waals surface area contributed by atoms with Crippen molar-refractivity contribution in [3.05, 3.63) is 29.8 Å². The van der Waals surface area contributed by atoms with Crippen LogP contribution >= 0.6 is 11.8 Å². The van der Waals surface area contributed by atoms with E-state index in [1.54, 1.807) is 17.0 Å². The van der Waals surface area contributed by atoms with Crippen molar-refractivity contribution in [2.45, 2.75) is 43.3 Å². The number of aliphatic carboxylic acids is 1. The highest BCUT2D eigenvalue weighted by molar-refractivity contribution is 8.00. The zero-order valence-corrected chi connectivity index (χ0v) is 12.9. The molecule has 0 heterocycles. The summed E-state index contributed by atoms with van der Waals surface area (Å²) in [5.74, 6) is -0.936. The van der Waals surface area contributed by atoms with Crippen LogP contribution < -0.4 is 0 Å². The van der Waals surface area contributed by atoms with E-state index in [1.165, 1.54) is 12.1 Å². The van der Waals surface area contributed by atoms with Crippen molar-refractivity contribution in [3.63, 3.8) is 0 Å². The SMILES string of the molecule is CC(C)(C)N(CC(=O)O)Cc1ccc(SC(F)(F)F)cc1. The van der Waals surface area contributed by atoms with Crippen molar-refractivity contribution in [1.82, 2.24) is 4.90 Å². The van der Waals surface area contributed by atoms with Gasteiger partial charge in [0.15, 0.2) is 0 Å². The minimum atomic E-state index is -4.30. The van der Waals surface area contributed by atoms with Crippen LogP contribution in [0.5, 0.6) is 0 Å². The van der Waals surface area contributed by atoms with Crippen LogP contribution in [0.2, 0.25) is 0 Å². The molecule has 3 nitrogen and oxygen atoms in total. The molecule has 0 saturated carbocycles. The number of carboxylic acids is 1. The van der Waals surface area contributed by atoms with Gasteiger partial charge in [0.05, 0.1) is 6.54 Å². The molecule has 0 saturated heterocycles. The van der Waals surface area contributed by atoms with Crippen molar-refractivity contribution in [3.8, 4) is 0 Å². The van der Waals surface area contributed by atoms with Crippen molar-refractivity contribution >= 4 is 17.7 Å². The quantitative estimate of drug-likeness (QED) is 0.833. The standard InChI is InChI=1S/C14H18F3NO2S/c1-13(2,3)18(9-12(19)20)8-10-4-6-11(7-5-10)21-14(15,16)17/h4-7H,8-9H2,1-3H3,(H,19,20). The molecule has 7 heteroatoms. The van der Waals surface area contributed by atoms with Crippen LogP contribution in [-0.4, -0.2) is 33.6 Å². The molecule has 21 heavy (non-hydrogen) atoms. The van der Waals surface area contributed by atoms with Gasteiger partial charge in [-0.15, -0.1) is 0 Å². The molecule has 0 bridgehead atoms. The highest BCUT2D eigenvalue weighted by Gasteiger charge is 2.29. The van der Waals surface area contributed by atoms with Crippen LogP contribution in [0, 0.1) is 0 Å². The Morgan fingerprint density at radius 2 is 1.71 bits per heavy atom. The molecule has 1 aromatic rings. The predicted molar refractivity (Wildman–Crippen MR) is 76.2 cm³/mol. The van der Waals surface area contributed by atoms with Gasteiger partial charge < -0.3 is 5.11 Å². The fourth-order valence-corrected chi connectivity index (χ4v) is 2.25. The maximum absolute atomic E-state index is 12.2. The predicted octanol–water partition coefficient (Wildman–Crippen LogP) is 3.98. The molecule has 1 N–H and O–H groups in total. The largest absolute Gasteiger partial charge is 0.480 e. The van der Waals surface area contributed by atoms with Crippen LogP contribution in [0.4, 0.5) is 13.2 Å². The Bertz CT molecular complexity index is 480. The van der Waals surface area contributed by atoms with E-state index in [0.29, 0.717) is 6.54 Å². The van der Waals surface area contributed by atoms with Crippen LogP contribution in [0.1, 0.15) is 26.3 Å². The normalized spacial score (nSPS) is 12.7. The summed E-state index contributed by atoms with van der Waals surface area (Å²) in [5, 5.41) is 8.93. The van der Waals surface area contributed by atoms with Gasteiger partial charge in [-0.05, 0) is 50.2 Å². The first-order valence-corrected chi connectivity index (χ1v) is 7.10. The summed E-state index contributed by atoms with van der Waals surface area (Å²) in [6.07, 6.45) is 0. The van der Waals surface area contributed by atoms with Crippen LogP contribution in [0.25, 0.3) is 0 Å². The van der Waals surface area contributed by atoms with E-state index in [4.69, 9.17) is 5.11 Å². The molecule has 0 aliphatic heterocycles. The second-order valence-corrected chi connectivity index (χ2v) is 6.75. The van der Waals surface area contributed by atoms with Gasteiger partial charge in [0.1, 0.15) is 0 Å². The van der Waals surface area contributed by atoms with Crippen LogP contribution in [-0.2, 0) is 11.3 Å². The summed E-state index contributed by atoms with van der Waals surface area (Å²) in [6.45, 7) is 5.92. The van der Waals surface area contributed by atoms with E-state index in [0.717, 1.165) is 5.56 Å². The maximum atomic E-state index is 12.2. The van der Waals surface area contributed by atoms with E-state index < -0.39 is 11.5 Å². The average Bonchev–Trinajstić information content (AvgIpc) is 2.27. The lowest BCUT2D eigenvalue weighted by molar-refractivity contribution is -0.139. The smallest absolute Gasteiger partial charge is 0.446 e. The van der Waals surface area contributed by atoms with Crippen molar-refractivity contribution in [2.24, 2.45) is 0 Å². The van der Waals surface area contributed by atoms with Gasteiger partial charge in [-0.25, -0.2) is 0 Å². The molecule has 0 aliphatic carbocycles. The van der Waals surface area contributed by atoms with Gasteiger partial charge in [0, 0.05) is 17.0 Å². The first kappa shape index (κ1) is 17.8.